The van der Waals surface area contributed by atoms with Crippen LogP contribution in [0.15, 0.2) is 11.2 Å². The van der Waals surface area contributed by atoms with Crippen molar-refractivity contribution in [2.24, 2.45) is 0 Å². The number of amides is 1. The van der Waals surface area contributed by atoms with Crippen molar-refractivity contribution in [1.29, 1.82) is 0 Å². The number of carboxylic acid groups (broad SMARTS) is 1. The molecule has 1 aromatic heterocycles. The Morgan fingerprint density at radius 1 is 1.30 bits per heavy atom. The predicted octanol–water partition coefficient (Wildman–Crippen LogP) is -1.04. The van der Waals surface area contributed by atoms with Crippen LogP contribution in [-0.4, -0.2) is 71.0 Å². The zero-order chi connectivity index (χ0) is 14.9. The summed E-state index contributed by atoms with van der Waals surface area (Å²) in [7, 11) is -3.95. The molecule has 1 aliphatic rings. The van der Waals surface area contributed by atoms with Crippen molar-refractivity contribution in [1.82, 2.24) is 19.4 Å². The lowest BCUT2D eigenvalue weighted by atomic mass is 10.3. The van der Waals surface area contributed by atoms with Crippen LogP contribution < -0.4 is 0 Å². The number of hydrogen-bond acceptors (Lipinski definition) is 5. The molecule has 0 aromatic carbocycles. The van der Waals surface area contributed by atoms with E-state index in [-0.39, 0.29) is 37.6 Å². The van der Waals surface area contributed by atoms with Crippen molar-refractivity contribution in [2.75, 3.05) is 26.2 Å². The summed E-state index contributed by atoms with van der Waals surface area (Å²) in [6, 6.07) is 0. The maximum absolute atomic E-state index is 12.3. The molecule has 0 radical (unpaired) electrons. The third kappa shape index (κ3) is 2.51. The molecule has 1 fully saturated rings. The number of nitrogens with zero attached hydrogens (tertiary/aromatic N) is 3. The highest BCUT2D eigenvalue weighted by Crippen LogP contribution is 2.19. The number of sulfonamides is 1. The molecule has 1 amide bonds. The molecular formula is C10H14N4O5S. The van der Waals surface area contributed by atoms with Crippen molar-refractivity contribution in [3.8, 4) is 0 Å². The van der Waals surface area contributed by atoms with E-state index >= 15 is 0 Å². The maximum Gasteiger partial charge on any atom is 0.340 e. The summed E-state index contributed by atoms with van der Waals surface area (Å²) in [4.78, 5) is 23.7. The standard InChI is InChI=1S/C10H14N4O5S/c1-7(15)13-2-4-14(5-3-13)20(18,19)9-8(10(16)17)6-11-12-9/h6H,2-5H2,1H3,(H,11,12)(H,16,17). The van der Waals surface area contributed by atoms with Crippen LogP contribution in [0.4, 0.5) is 0 Å². The van der Waals surface area contributed by atoms with Gasteiger partial charge in [-0.1, -0.05) is 0 Å². The Morgan fingerprint density at radius 3 is 2.40 bits per heavy atom. The number of carbonyl (C=O) groups excluding carboxylic acids is 1. The van der Waals surface area contributed by atoms with E-state index in [0.717, 1.165) is 10.5 Å². The van der Waals surface area contributed by atoms with Gasteiger partial charge < -0.3 is 10.0 Å². The van der Waals surface area contributed by atoms with E-state index in [1.807, 2.05) is 0 Å². The number of carbonyl (C=O) groups is 2. The molecule has 1 saturated heterocycles. The number of nitrogens with one attached hydrogen (secondary N) is 1. The molecule has 1 aliphatic heterocycles. The number of carboxylic acids is 1. The zero-order valence-electron chi connectivity index (χ0n) is 10.7. The van der Waals surface area contributed by atoms with E-state index in [0.29, 0.717) is 0 Å². The molecule has 1 aromatic rings. The molecule has 0 atom stereocenters. The van der Waals surface area contributed by atoms with Crippen LogP contribution in [0, 0.1) is 0 Å². The van der Waals surface area contributed by atoms with Crippen molar-refractivity contribution in [3.05, 3.63) is 11.8 Å². The third-order valence-corrected chi connectivity index (χ3v) is 4.99. The number of H-pyrrole nitrogens is 1. The molecule has 0 spiro atoms. The third-order valence-electron chi connectivity index (χ3n) is 3.12. The maximum atomic E-state index is 12.3. The number of rotatable bonds is 3. The minimum absolute atomic E-state index is 0.116. The van der Waals surface area contributed by atoms with E-state index in [2.05, 4.69) is 10.2 Å². The quantitative estimate of drug-likeness (QED) is 0.735. The topological polar surface area (TPSA) is 124 Å². The summed E-state index contributed by atoms with van der Waals surface area (Å²) >= 11 is 0. The van der Waals surface area contributed by atoms with Gasteiger partial charge in [-0.3, -0.25) is 9.89 Å². The summed E-state index contributed by atoms with van der Waals surface area (Å²) < 4.78 is 25.8. The fraction of sp³-hybridized carbons (Fsp3) is 0.500. The second-order valence-electron chi connectivity index (χ2n) is 4.33. The van der Waals surface area contributed by atoms with E-state index in [9.17, 15) is 18.0 Å². The summed E-state index contributed by atoms with van der Waals surface area (Å²) in [5.74, 6) is -1.48. The average molecular weight is 302 g/mol. The predicted molar refractivity (Wildman–Crippen MR) is 66.6 cm³/mol. The molecule has 0 saturated carbocycles. The lowest BCUT2D eigenvalue weighted by Gasteiger charge is -2.33. The largest absolute Gasteiger partial charge is 0.478 e. The Kier molecular flexibility index (Phi) is 3.77. The van der Waals surface area contributed by atoms with Gasteiger partial charge in [0.25, 0.3) is 10.0 Å². The summed E-state index contributed by atoms with van der Waals surface area (Å²) in [5.41, 5.74) is -0.390. The van der Waals surface area contributed by atoms with Crippen molar-refractivity contribution in [2.45, 2.75) is 11.9 Å². The number of aromatic nitrogens is 2. The number of hydrogen-bond donors (Lipinski definition) is 2. The SMILES string of the molecule is CC(=O)N1CCN(S(=O)(=O)c2[nH]ncc2C(=O)O)CC1. The smallest absolute Gasteiger partial charge is 0.340 e. The highest BCUT2D eigenvalue weighted by atomic mass is 32.2. The molecule has 110 valence electrons. The van der Waals surface area contributed by atoms with Crippen LogP contribution in [0.1, 0.15) is 17.3 Å². The zero-order valence-corrected chi connectivity index (χ0v) is 11.6. The van der Waals surface area contributed by atoms with Gasteiger partial charge in [0.05, 0.1) is 6.20 Å². The van der Waals surface area contributed by atoms with Gasteiger partial charge in [-0.25, -0.2) is 13.2 Å². The van der Waals surface area contributed by atoms with Gasteiger partial charge in [-0.15, -0.1) is 0 Å². The second-order valence-corrected chi connectivity index (χ2v) is 6.20. The Balaban J connectivity index is 2.22. The molecule has 2 heterocycles. The molecule has 20 heavy (non-hydrogen) atoms. The minimum atomic E-state index is -3.95. The van der Waals surface area contributed by atoms with Crippen LogP contribution >= 0.6 is 0 Å². The molecule has 2 rings (SSSR count). The van der Waals surface area contributed by atoms with E-state index in [4.69, 9.17) is 5.11 Å². The monoisotopic (exact) mass is 302 g/mol. The Hall–Kier alpha value is -1.94. The second kappa shape index (κ2) is 5.21. The van der Waals surface area contributed by atoms with E-state index < -0.39 is 21.0 Å². The molecule has 0 bridgehead atoms. The fourth-order valence-corrected chi connectivity index (χ4v) is 3.48. The van der Waals surface area contributed by atoms with Gasteiger partial charge in [0.2, 0.25) is 5.91 Å². The summed E-state index contributed by atoms with van der Waals surface area (Å²) in [6.45, 7) is 2.23. The van der Waals surface area contributed by atoms with Crippen LogP contribution in [0.25, 0.3) is 0 Å². The first-order valence-corrected chi connectivity index (χ1v) is 7.30. The van der Waals surface area contributed by atoms with Gasteiger partial charge in [0.1, 0.15) is 5.56 Å². The Labute approximate surface area is 115 Å². The summed E-state index contributed by atoms with van der Waals surface area (Å²) in [6.07, 6.45) is 0.959. The number of aromatic amines is 1. The van der Waals surface area contributed by atoms with Gasteiger partial charge in [-0.2, -0.15) is 9.40 Å². The van der Waals surface area contributed by atoms with Gasteiger partial charge in [0, 0.05) is 33.1 Å². The molecule has 9 nitrogen and oxygen atoms in total. The Bertz CT molecular complexity index is 630. The normalized spacial score (nSPS) is 17.1. The van der Waals surface area contributed by atoms with Gasteiger partial charge >= 0.3 is 5.97 Å². The van der Waals surface area contributed by atoms with Crippen LogP contribution in [0.3, 0.4) is 0 Å². The lowest BCUT2D eigenvalue weighted by Crippen LogP contribution is -2.50. The van der Waals surface area contributed by atoms with Gasteiger partial charge in [-0.05, 0) is 0 Å². The highest BCUT2D eigenvalue weighted by Gasteiger charge is 2.33. The van der Waals surface area contributed by atoms with Crippen molar-refractivity contribution >= 4 is 21.9 Å². The number of aromatic carboxylic acids is 1. The first-order valence-electron chi connectivity index (χ1n) is 5.86. The molecule has 0 aliphatic carbocycles. The molecule has 10 heteroatoms. The fourth-order valence-electron chi connectivity index (χ4n) is 2.00. The molecular weight excluding hydrogens is 288 g/mol. The molecule has 2 N–H and O–H groups in total. The van der Waals surface area contributed by atoms with Crippen LogP contribution in [0.5, 0.6) is 0 Å². The lowest BCUT2D eigenvalue weighted by molar-refractivity contribution is -0.129. The summed E-state index contributed by atoms with van der Waals surface area (Å²) in [5, 5.41) is 14.2. The number of piperazine rings is 1. The average Bonchev–Trinajstić information content (AvgIpc) is 2.89. The Morgan fingerprint density at radius 2 is 1.90 bits per heavy atom. The van der Waals surface area contributed by atoms with Crippen molar-refractivity contribution < 1.29 is 23.1 Å². The van der Waals surface area contributed by atoms with Gasteiger partial charge in [0.15, 0.2) is 5.03 Å². The van der Waals surface area contributed by atoms with E-state index in [1.54, 1.807) is 0 Å². The van der Waals surface area contributed by atoms with E-state index in [1.165, 1.54) is 11.8 Å². The van der Waals surface area contributed by atoms with Crippen molar-refractivity contribution in [3.63, 3.8) is 0 Å². The minimum Gasteiger partial charge on any atom is -0.478 e. The molecule has 0 unspecified atom stereocenters. The first kappa shape index (κ1) is 14.5. The highest BCUT2D eigenvalue weighted by molar-refractivity contribution is 7.89. The first-order chi connectivity index (χ1) is 9.34. The van der Waals surface area contributed by atoms with Crippen LogP contribution in [0.2, 0.25) is 0 Å². The van der Waals surface area contributed by atoms with Crippen LogP contribution in [-0.2, 0) is 14.8 Å².